The molecule has 1 aromatic heterocycles. The molecule has 0 aliphatic carbocycles. The van der Waals surface area contributed by atoms with Crippen LogP contribution in [0.5, 0.6) is 0 Å². The monoisotopic (exact) mass is 463 g/mol. The number of furan rings is 1. The second-order valence-corrected chi connectivity index (χ2v) is 8.63. The van der Waals surface area contributed by atoms with Crippen molar-refractivity contribution in [3.05, 3.63) is 89.0 Å². The molecular formula is C25H22FN3O3S. The minimum Gasteiger partial charge on any atom is -0.467 e. The maximum atomic E-state index is 14.8. The first-order valence-electron chi connectivity index (χ1n) is 10.7. The summed E-state index contributed by atoms with van der Waals surface area (Å²) in [7, 11) is 0. The number of benzene rings is 2. The average Bonchev–Trinajstić information content (AvgIpc) is 3.45. The molecule has 0 bridgehead atoms. The SMILES string of the molecule is O=C1/C(=C/c2ccc(N3CCOCC3)c(F)c2)SC(=Nc2ccccc2)N1Cc1ccco1. The van der Waals surface area contributed by atoms with E-state index in [1.54, 1.807) is 29.4 Å². The van der Waals surface area contributed by atoms with Gasteiger partial charge in [-0.2, -0.15) is 0 Å². The molecule has 5 rings (SSSR count). The van der Waals surface area contributed by atoms with Crippen molar-refractivity contribution in [1.29, 1.82) is 0 Å². The van der Waals surface area contributed by atoms with Crippen molar-refractivity contribution in [2.45, 2.75) is 6.54 Å². The number of morpholine rings is 1. The molecule has 0 unspecified atom stereocenters. The van der Waals surface area contributed by atoms with E-state index in [0.29, 0.717) is 53.4 Å². The summed E-state index contributed by atoms with van der Waals surface area (Å²) in [6.07, 6.45) is 3.29. The van der Waals surface area contributed by atoms with Crippen molar-refractivity contribution >= 4 is 40.3 Å². The van der Waals surface area contributed by atoms with Crippen LogP contribution in [0.1, 0.15) is 11.3 Å². The van der Waals surface area contributed by atoms with Crippen LogP contribution in [0, 0.1) is 5.82 Å². The van der Waals surface area contributed by atoms with Crippen LogP contribution in [0.15, 0.2) is 81.2 Å². The average molecular weight is 464 g/mol. The molecule has 0 N–H and O–H groups in total. The molecule has 3 aromatic rings. The van der Waals surface area contributed by atoms with Crippen LogP contribution < -0.4 is 4.90 Å². The third kappa shape index (κ3) is 4.86. The number of nitrogens with zero attached hydrogens (tertiary/aromatic N) is 3. The van der Waals surface area contributed by atoms with E-state index in [4.69, 9.17) is 9.15 Å². The van der Waals surface area contributed by atoms with Crippen molar-refractivity contribution in [1.82, 2.24) is 4.90 Å². The lowest BCUT2D eigenvalue weighted by Gasteiger charge is -2.29. The minimum absolute atomic E-state index is 0.191. The van der Waals surface area contributed by atoms with E-state index in [-0.39, 0.29) is 18.3 Å². The fourth-order valence-electron chi connectivity index (χ4n) is 3.73. The van der Waals surface area contributed by atoms with Gasteiger partial charge < -0.3 is 14.1 Å². The fraction of sp³-hybridized carbons (Fsp3) is 0.200. The number of ether oxygens (including phenoxy) is 1. The Morgan fingerprint density at radius 1 is 1.06 bits per heavy atom. The highest BCUT2D eigenvalue weighted by Gasteiger charge is 2.34. The summed E-state index contributed by atoms with van der Waals surface area (Å²) >= 11 is 1.27. The molecule has 2 fully saturated rings. The normalized spacial score (nSPS) is 19.1. The second-order valence-electron chi connectivity index (χ2n) is 7.62. The number of amidine groups is 1. The second kappa shape index (κ2) is 9.64. The smallest absolute Gasteiger partial charge is 0.267 e. The zero-order chi connectivity index (χ0) is 22.6. The van der Waals surface area contributed by atoms with Crippen LogP contribution in [0.4, 0.5) is 15.8 Å². The first-order chi connectivity index (χ1) is 16.2. The maximum absolute atomic E-state index is 14.8. The highest BCUT2D eigenvalue weighted by Crippen LogP contribution is 2.35. The third-order valence-electron chi connectivity index (χ3n) is 5.38. The van der Waals surface area contributed by atoms with Gasteiger partial charge in [0.15, 0.2) is 5.17 Å². The number of carbonyl (C=O) groups excluding carboxylic acids is 1. The number of para-hydroxylation sites is 1. The molecule has 0 atom stereocenters. The standard InChI is InChI=1S/C25H22FN3O3S/c26-21-15-18(8-9-22(21)28-10-13-31-14-11-28)16-23-24(30)29(17-20-7-4-12-32-20)25(33-23)27-19-5-2-1-3-6-19/h1-9,12,15-16H,10-11,13-14,17H2/b23-16-,27-25?. The highest BCUT2D eigenvalue weighted by molar-refractivity contribution is 8.18. The molecule has 2 aliphatic rings. The lowest BCUT2D eigenvalue weighted by Crippen LogP contribution is -2.36. The summed E-state index contributed by atoms with van der Waals surface area (Å²) in [5.41, 5.74) is 1.93. The first kappa shape index (κ1) is 21.5. The molecule has 1 amide bonds. The molecule has 2 saturated heterocycles. The molecular weight excluding hydrogens is 441 g/mol. The zero-order valence-corrected chi connectivity index (χ0v) is 18.6. The summed E-state index contributed by atoms with van der Waals surface area (Å²) in [5.74, 6) is 0.155. The Morgan fingerprint density at radius 2 is 1.88 bits per heavy atom. The van der Waals surface area contributed by atoms with E-state index < -0.39 is 0 Å². The zero-order valence-electron chi connectivity index (χ0n) is 17.8. The van der Waals surface area contributed by atoms with Crippen molar-refractivity contribution in [2.24, 2.45) is 4.99 Å². The van der Waals surface area contributed by atoms with Crippen LogP contribution in [-0.4, -0.2) is 42.3 Å². The molecule has 0 radical (unpaired) electrons. The van der Waals surface area contributed by atoms with Gasteiger partial charge in [0.25, 0.3) is 5.91 Å². The quantitative estimate of drug-likeness (QED) is 0.495. The molecule has 168 valence electrons. The first-order valence-corrected chi connectivity index (χ1v) is 11.5. The van der Waals surface area contributed by atoms with Gasteiger partial charge in [-0.3, -0.25) is 9.69 Å². The van der Waals surface area contributed by atoms with Gasteiger partial charge in [-0.05, 0) is 59.8 Å². The summed E-state index contributed by atoms with van der Waals surface area (Å²) < 4.78 is 25.6. The summed E-state index contributed by atoms with van der Waals surface area (Å²) in [4.78, 5) is 21.9. The summed E-state index contributed by atoms with van der Waals surface area (Å²) in [6.45, 7) is 2.77. The predicted octanol–water partition coefficient (Wildman–Crippen LogP) is 5.06. The maximum Gasteiger partial charge on any atom is 0.267 e. The molecule has 2 aliphatic heterocycles. The molecule has 0 spiro atoms. The molecule has 33 heavy (non-hydrogen) atoms. The summed E-state index contributed by atoms with van der Waals surface area (Å²) in [6, 6.07) is 18.1. The lowest BCUT2D eigenvalue weighted by molar-refractivity contribution is -0.122. The summed E-state index contributed by atoms with van der Waals surface area (Å²) in [5, 5.41) is 0.555. The number of aliphatic imine (C=N–C) groups is 1. The Morgan fingerprint density at radius 3 is 2.61 bits per heavy atom. The third-order valence-corrected chi connectivity index (χ3v) is 6.39. The van der Waals surface area contributed by atoms with E-state index in [1.165, 1.54) is 17.8 Å². The van der Waals surface area contributed by atoms with Gasteiger partial charge in [0.2, 0.25) is 0 Å². The minimum atomic E-state index is -0.313. The Hall–Kier alpha value is -3.36. The predicted molar refractivity (Wildman–Crippen MR) is 128 cm³/mol. The van der Waals surface area contributed by atoms with Crippen LogP contribution in [-0.2, 0) is 16.1 Å². The Kier molecular flexibility index (Phi) is 6.28. The van der Waals surface area contributed by atoms with Gasteiger partial charge in [0.05, 0.1) is 42.3 Å². The molecule has 0 saturated carbocycles. The number of thioether (sulfide) groups is 1. The van der Waals surface area contributed by atoms with Gasteiger partial charge in [0.1, 0.15) is 11.6 Å². The Labute approximate surface area is 195 Å². The van der Waals surface area contributed by atoms with Crippen molar-refractivity contribution in [2.75, 3.05) is 31.2 Å². The lowest BCUT2D eigenvalue weighted by atomic mass is 10.1. The number of hydrogen-bond acceptors (Lipinski definition) is 6. The van der Waals surface area contributed by atoms with Gasteiger partial charge in [-0.1, -0.05) is 24.3 Å². The van der Waals surface area contributed by atoms with E-state index in [0.717, 1.165) is 5.69 Å². The van der Waals surface area contributed by atoms with Crippen LogP contribution >= 0.6 is 11.8 Å². The number of halogens is 1. The fourth-order valence-corrected chi connectivity index (χ4v) is 4.73. The largest absolute Gasteiger partial charge is 0.467 e. The van der Waals surface area contributed by atoms with Gasteiger partial charge in [-0.15, -0.1) is 0 Å². The number of amides is 1. The van der Waals surface area contributed by atoms with E-state index in [2.05, 4.69) is 4.99 Å². The van der Waals surface area contributed by atoms with Gasteiger partial charge >= 0.3 is 0 Å². The van der Waals surface area contributed by atoms with Crippen molar-refractivity contribution in [3.8, 4) is 0 Å². The molecule has 6 nitrogen and oxygen atoms in total. The number of anilines is 1. The van der Waals surface area contributed by atoms with Gasteiger partial charge in [-0.25, -0.2) is 9.38 Å². The number of carbonyl (C=O) groups is 1. The van der Waals surface area contributed by atoms with Crippen LogP contribution in [0.3, 0.4) is 0 Å². The van der Waals surface area contributed by atoms with E-state index in [9.17, 15) is 9.18 Å². The molecule has 8 heteroatoms. The van der Waals surface area contributed by atoms with Crippen LogP contribution in [0.2, 0.25) is 0 Å². The van der Waals surface area contributed by atoms with Crippen molar-refractivity contribution in [3.63, 3.8) is 0 Å². The number of rotatable bonds is 5. The Balaban J connectivity index is 1.43. The number of hydrogen-bond donors (Lipinski definition) is 0. The van der Waals surface area contributed by atoms with Crippen molar-refractivity contribution < 1.29 is 18.3 Å². The molecule has 3 heterocycles. The molecule has 2 aromatic carbocycles. The highest BCUT2D eigenvalue weighted by atomic mass is 32.2. The van der Waals surface area contributed by atoms with Gasteiger partial charge in [0, 0.05) is 13.1 Å². The van der Waals surface area contributed by atoms with Crippen LogP contribution in [0.25, 0.3) is 6.08 Å². The van der Waals surface area contributed by atoms with E-state index >= 15 is 0 Å². The van der Waals surface area contributed by atoms with E-state index in [1.807, 2.05) is 47.4 Å². The Bertz CT molecular complexity index is 1190. The topological polar surface area (TPSA) is 58.3 Å².